The van der Waals surface area contributed by atoms with Crippen molar-refractivity contribution in [2.24, 2.45) is 0 Å². The molecule has 3 nitrogen and oxygen atoms in total. The number of hydrogen-bond donors (Lipinski definition) is 0. The summed E-state index contributed by atoms with van der Waals surface area (Å²) in [6.07, 6.45) is 0. The smallest absolute Gasteiger partial charge is 0.253 e. The average molecular weight is 260 g/mol. The van der Waals surface area contributed by atoms with Crippen LogP contribution in [0, 0.1) is 12.7 Å². The number of halogens is 2. The number of fused-ring (bicyclic) bond motifs is 1. The SMILES string of the molecule is Cc1ccc2c(S(=O)(=O)Cl)cc(F)cc2n1. The molecule has 84 valence electrons. The van der Waals surface area contributed by atoms with Gasteiger partial charge in [0.1, 0.15) is 5.82 Å². The molecule has 0 aliphatic rings. The van der Waals surface area contributed by atoms with E-state index >= 15 is 0 Å². The Labute approximate surface area is 96.3 Å². The molecule has 0 radical (unpaired) electrons. The van der Waals surface area contributed by atoms with Crippen LogP contribution in [0.4, 0.5) is 4.39 Å². The van der Waals surface area contributed by atoms with Gasteiger partial charge in [0.05, 0.1) is 10.4 Å². The van der Waals surface area contributed by atoms with E-state index in [2.05, 4.69) is 4.98 Å². The van der Waals surface area contributed by atoms with Crippen LogP contribution in [0.15, 0.2) is 29.2 Å². The highest BCUT2D eigenvalue weighted by molar-refractivity contribution is 8.14. The number of aryl methyl sites for hydroxylation is 1. The summed E-state index contributed by atoms with van der Waals surface area (Å²) in [7, 11) is 1.25. The summed E-state index contributed by atoms with van der Waals surface area (Å²) in [5, 5.41) is 0.321. The molecule has 0 fully saturated rings. The normalized spacial score (nSPS) is 11.9. The number of nitrogens with zero attached hydrogens (tertiary/aromatic N) is 1. The first-order valence-electron chi connectivity index (χ1n) is 4.39. The molecule has 0 atom stereocenters. The lowest BCUT2D eigenvalue weighted by Crippen LogP contribution is -1.95. The molecule has 0 aliphatic carbocycles. The maximum absolute atomic E-state index is 13.2. The molecule has 0 unspecified atom stereocenters. The molecule has 0 amide bonds. The lowest BCUT2D eigenvalue weighted by atomic mass is 10.2. The largest absolute Gasteiger partial charge is 0.262 e. The van der Waals surface area contributed by atoms with Crippen LogP contribution in [0.3, 0.4) is 0 Å². The van der Waals surface area contributed by atoms with Crippen molar-refractivity contribution in [3.8, 4) is 0 Å². The molecule has 0 saturated heterocycles. The van der Waals surface area contributed by atoms with Crippen LogP contribution in [-0.4, -0.2) is 13.4 Å². The van der Waals surface area contributed by atoms with E-state index in [1.807, 2.05) is 0 Å². The van der Waals surface area contributed by atoms with E-state index in [1.54, 1.807) is 19.1 Å². The summed E-state index contributed by atoms with van der Waals surface area (Å²) < 4.78 is 35.7. The van der Waals surface area contributed by atoms with Gasteiger partial charge in [0.15, 0.2) is 0 Å². The molecular weight excluding hydrogens is 253 g/mol. The molecule has 6 heteroatoms. The van der Waals surface area contributed by atoms with E-state index in [-0.39, 0.29) is 10.4 Å². The summed E-state index contributed by atoms with van der Waals surface area (Å²) in [4.78, 5) is 3.79. The van der Waals surface area contributed by atoms with E-state index in [0.29, 0.717) is 11.1 Å². The van der Waals surface area contributed by atoms with Gasteiger partial charge in [-0.25, -0.2) is 12.8 Å². The zero-order chi connectivity index (χ0) is 11.9. The molecule has 0 bridgehead atoms. The first-order valence-corrected chi connectivity index (χ1v) is 6.70. The van der Waals surface area contributed by atoms with Gasteiger partial charge in [-0.2, -0.15) is 0 Å². The van der Waals surface area contributed by atoms with Crippen LogP contribution in [0.5, 0.6) is 0 Å². The summed E-state index contributed by atoms with van der Waals surface area (Å²) in [6.45, 7) is 1.74. The minimum atomic E-state index is -3.97. The monoisotopic (exact) mass is 259 g/mol. The standard InChI is InChI=1S/C10H7ClFNO2S/c1-6-2-3-8-9(13-6)4-7(12)5-10(8)16(11,14)15/h2-5H,1H3. The first-order chi connectivity index (χ1) is 7.38. The highest BCUT2D eigenvalue weighted by atomic mass is 35.7. The van der Waals surface area contributed by atoms with E-state index in [1.165, 1.54) is 6.07 Å². The number of benzene rings is 1. The topological polar surface area (TPSA) is 47.0 Å². The summed E-state index contributed by atoms with van der Waals surface area (Å²) in [5.74, 6) is -0.676. The van der Waals surface area contributed by atoms with Gasteiger partial charge in [0.2, 0.25) is 0 Å². The van der Waals surface area contributed by atoms with Gasteiger partial charge >= 0.3 is 0 Å². The van der Waals surface area contributed by atoms with Crippen molar-refractivity contribution in [3.05, 3.63) is 35.8 Å². The van der Waals surface area contributed by atoms with E-state index in [0.717, 1.165) is 6.07 Å². The quantitative estimate of drug-likeness (QED) is 0.740. The molecule has 1 aromatic heterocycles. The third-order valence-corrected chi connectivity index (χ3v) is 3.50. The van der Waals surface area contributed by atoms with Crippen LogP contribution in [0.2, 0.25) is 0 Å². The van der Waals surface area contributed by atoms with E-state index < -0.39 is 14.9 Å². The third-order valence-electron chi connectivity index (χ3n) is 2.14. The fraction of sp³-hybridized carbons (Fsp3) is 0.100. The van der Waals surface area contributed by atoms with Crippen molar-refractivity contribution in [1.29, 1.82) is 0 Å². The zero-order valence-corrected chi connectivity index (χ0v) is 9.81. The Hall–Kier alpha value is -1.20. The lowest BCUT2D eigenvalue weighted by Gasteiger charge is -2.04. The second-order valence-corrected chi connectivity index (χ2v) is 5.90. The van der Waals surface area contributed by atoms with Gasteiger partial charge in [0.25, 0.3) is 9.05 Å². The van der Waals surface area contributed by atoms with Crippen molar-refractivity contribution in [1.82, 2.24) is 4.98 Å². The molecular formula is C10H7ClFNO2S. The Morgan fingerprint density at radius 2 is 2.00 bits per heavy atom. The molecule has 0 saturated carbocycles. The van der Waals surface area contributed by atoms with Gasteiger partial charge in [-0.3, -0.25) is 4.98 Å². The van der Waals surface area contributed by atoms with Gasteiger partial charge in [-0.05, 0) is 25.1 Å². The molecule has 16 heavy (non-hydrogen) atoms. The van der Waals surface area contributed by atoms with Gasteiger partial charge in [0, 0.05) is 27.8 Å². The highest BCUT2D eigenvalue weighted by Crippen LogP contribution is 2.26. The Morgan fingerprint density at radius 3 is 2.62 bits per heavy atom. The molecule has 2 aromatic rings. The maximum atomic E-state index is 13.2. The first kappa shape index (κ1) is 11.3. The van der Waals surface area contributed by atoms with Crippen LogP contribution >= 0.6 is 10.7 Å². The second kappa shape index (κ2) is 3.68. The summed E-state index contributed by atoms with van der Waals surface area (Å²) in [6, 6.07) is 5.27. The summed E-state index contributed by atoms with van der Waals surface area (Å²) in [5.41, 5.74) is 0.954. The fourth-order valence-electron chi connectivity index (χ4n) is 1.47. The highest BCUT2D eigenvalue weighted by Gasteiger charge is 2.16. The predicted molar refractivity (Wildman–Crippen MR) is 59.5 cm³/mol. The average Bonchev–Trinajstić information content (AvgIpc) is 2.14. The molecule has 0 N–H and O–H groups in total. The Kier molecular flexibility index (Phi) is 2.59. The molecule has 1 heterocycles. The van der Waals surface area contributed by atoms with E-state index in [4.69, 9.17) is 10.7 Å². The zero-order valence-electron chi connectivity index (χ0n) is 8.24. The van der Waals surface area contributed by atoms with Gasteiger partial charge in [-0.1, -0.05) is 0 Å². The van der Waals surface area contributed by atoms with Crippen molar-refractivity contribution in [2.75, 3.05) is 0 Å². The molecule has 0 aliphatic heterocycles. The molecule has 2 rings (SSSR count). The van der Waals surface area contributed by atoms with Crippen molar-refractivity contribution >= 4 is 30.6 Å². The second-order valence-electron chi connectivity index (χ2n) is 3.36. The van der Waals surface area contributed by atoms with Crippen LogP contribution in [0.1, 0.15) is 5.69 Å². The van der Waals surface area contributed by atoms with Crippen molar-refractivity contribution in [2.45, 2.75) is 11.8 Å². The number of rotatable bonds is 1. The number of aromatic nitrogens is 1. The van der Waals surface area contributed by atoms with Crippen molar-refractivity contribution in [3.63, 3.8) is 0 Å². The summed E-state index contributed by atoms with van der Waals surface area (Å²) >= 11 is 0. The van der Waals surface area contributed by atoms with Crippen molar-refractivity contribution < 1.29 is 12.8 Å². The third kappa shape index (κ3) is 2.01. The Bertz CT molecular complexity index is 665. The number of hydrogen-bond acceptors (Lipinski definition) is 3. The van der Waals surface area contributed by atoms with Crippen LogP contribution in [0.25, 0.3) is 10.9 Å². The minimum absolute atomic E-state index is 0.253. The van der Waals surface area contributed by atoms with Gasteiger partial charge in [-0.15, -0.1) is 0 Å². The molecule has 1 aromatic carbocycles. The molecule has 0 spiro atoms. The predicted octanol–water partition coefficient (Wildman–Crippen LogP) is 2.61. The number of pyridine rings is 1. The lowest BCUT2D eigenvalue weighted by molar-refractivity contribution is 0.604. The Morgan fingerprint density at radius 1 is 1.31 bits per heavy atom. The van der Waals surface area contributed by atoms with Gasteiger partial charge < -0.3 is 0 Å². The van der Waals surface area contributed by atoms with E-state index in [9.17, 15) is 12.8 Å². The fourth-order valence-corrected chi connectivity index (χ4v) is 2.54. The minimum Gasteiger partial charge on any atom is -0.253 e. The van der Waals surface area contributed by atoms with Crippen LogP contribution < -0.4 is 0 Å². The van der Waals surface area contributed by atoms with Crippen LogP contribution in [-0.2, 0) is 9.05 Å². The maximum Gasteiger partial charge on any atom is 0.262 e. The Balaban J connectivity index is 2.94.